The standard InChI is InChI=1S/C15H17BrN4/c1-11-14(8-16)15(20(3)18-11)19(2)10-13-6-4-5-12(7-13)9-17/h4-7H,8,10H2,1-3H3. The van der Waals surface area contributed by atoms with Crippen LogP contribution in [0.25, 0.3) is 0 Å². The topological polar surface area (TPSA) is 44.9 Å². The highest BCUT2D eigenvalue weighted by Crippen LogP contribution is 2.25. The van der Waals surface area contributed by atoms with Crippen LogP contribution in [0.2, 0.25) is 0 Å². The Balaban J connectivity index is 2.28. The van der Waals surface area contributed by atoms with Crippen molar-refractivity contribution in [3.63, 3.8) is 0 Å². The Morgan fingerprint density at radius 2 is 2.20 bits per heavy atom. The minimum absolute atomic E-state index is 0.692. The van der Waals surface area contributed by atoms with Crippen molar-refractivity contribution in [1.29, 1.82) is 5.26 Å². The number of nitriles is 1. The zero-order valence-electron chi connectivity index (χ0n) is 11.9. The van der Waals surface area contributed by atoms with Crippen LogP contribution in [0.1, 0.15) is 22.4 Å². The number of aryl methyl sites for hydroxylation is 2. The number of hydrogen-bond donors (Lipinski definition) is 0. The van der Waals surface area contributed by atoms with Gasteiger partial charge in [-0.15, -0.1) is 0 Å². The van der Waals surface area contributed by atoms with Crippen LogP contribution in [0.5, 0.6) is 0 Å². The Bertz CT molecular complexity index is 654. The molecule has 1 aromatic heterocycles. The van der Waals surface area contributed by atoms with E-state index in [9.17, 15) is 0 Å². The van der Waals surface area contributed by atoms with Gasteiger partial charge in [0.25, 0.3) is 0 Å². The minimum atomic E-state index is 0.692. The highest BCUT2D eigenvalue weighted by molar-refractivity contribution is 9.08. The Morgan fingerprint density at radius 3 is 2.85 bits per heavy atom. The molecule has 5 heteroatoms. The molecule has 1 aromatic carbocycles. The van der Waals surface area contributed by atoms with Crippen molar-refractivity contribution in [3.05, 3.63) is 46.6 Å². The molecule has 4 nitrogen and oxygen atoms in total. The minimum Gasteiger partial charge on any atom is -0.355 e. The summed E-state index contributed by atoms with van der Waals surface area (Å²) in [5.41, 5.74) is 4.05. The van der Waals surface area contributed by atoms with E-state index in [4.69, 9.17) is 5.26 Å². The maximum Gasteiger partial charge on any atom is 0.130 e. The summed E-state index contributed by atoms with van der Waals surface area (Å²) >= 11 is 3.53. The van der Waals surface area contributed by atoms with Gasteiger partial charge in [-0.05, 0) is 24.6 Å². The van der Waals surface area contributed by atoms with Crippen LogP contribution in [0.3, 0.4) is 0 Å². The van der Waals surface area contributed by atoms with E-state index in [-0.39, 0.29) is 0 Å². The fourth-order valence-electron chi connectivity index (χ4n) is 2.41. The van der Waals surface area contributed by atoms with Gasteiger partial charge in [-0.1, -0.05) is 28.1 Å². The SMILES string of the molecule is Cc1nn(C)c(N(C)Cc2cccc(C#N)c2)c1CBr. The molecule has 0 fully saturated rings. The van der Waals surface area contributed by atoms with Gasteiger partial charge < -0.3 is 4.90 Å². The largest absolute Gasteiger partial charge is 0.355 e. The lowest BCUT2D eigenvalue weighted by Crippen LogP contribution is -2.20. The van der Waals surface area contributed by atoms with E-state index < -0.39 is 0 Å². The molecule has 0 spiro atoms. The Kier molecular flexibility index (Phi) is 4.46. The number of aromatic nitrogens is 2. The van der Waals surface area contributed by atoms with Crippen molar-refractivity contribution in [1.82, 2.24) is 9.78 Å². The van der Waals surface area contributed by atoms with Crippen molar-refractivity contribution in [3.8, 4) is 6.07 Å². The number of alkyl halides is 1. The van der Waals surface area contributed by atoms with Crippen LogP contribution in [-0.2, 0) is 18.9 Å². The van der Waals surface area contributed by atoms with Crippen molar-refractivity contribution in [2.75, 3.05) is 11.9 Å². The molecule has 0 bridgehead atoms. The highest BCUT2D eigenvalue weighted by Gasteiger charge is 2.16. The molecule has 1 heterocycles. The molecule has 0 aliphatic rings. The molecular weight excluding hydrogens is 316 g/mol. The Morgan fingerprint density at radius 1 is 1.45 bits per heavy atom. The molecule has 2 aromatic rings. The molecule has 2 rings (SSSR count). The molecule has 0 aliphatic heterocycles. The third kappa shape index (κ3) is 2.86. The normalized spacial score (nSPS) is 10.3. The molecular formula is C15H17BrN4. The highest BCUT2D eigenvalue weighted by atomic mass is 79.9. The average Bonchev–Trinajstić information content (AvgIpc) is 2.72. The van der Waals surface area contributed by atoms with Crippen LogP contribution >= 0.6 is 15.9 Å². The molecule has 0 amide bonds. The molecule has 104 valence electrons. The summed E-state index contributed by atoms with van der Waals surface area (Å²) in [6.45, 7) is 2.76. The lowest BCUT2D eigenvalue weighted by atomic mass is 10.1. The van der Waals surface area contributed by atoms with Crippen LogP contribution in [-0.4, -0.2) is 16.8 Å². The van der Waals surface area contributed by atoms with Gasteiger partial charge in [0.05, 0.1) is 17.3 Å². The van der Waals surface area contributed by atoms with Gasteiger partial charge >= 0.3 is 0 Å². The lowest BCUT2D eigenvalue weighted by Gasteiger charge is -2.21. The molecule has 0 aliphatic carbocycles. The second-order valence-corrected chi connectivity index (χ2v) is 5.37. The predicted molar refractivity (Wildman–Crippen MR) is 83.8 cm³/mol. The molecule has 0 saturated carbocycles. The molecule has 0 radical (unpaired) electrons. The van der Waals surface area contributed by atoms with E-state index >= 15 is 0 Å². The second kappa shape index (κ2) is 6.10. The zero-order chi connectivity index (χ0) is 14.7. The van der Waals surface area contributed by atoms with Crippen LogP contribution in [0.4, 0.5) is 5.82 Å². The van der Waals surface area contributed by atoms with E-state index in [0.29, 0.717) is 5.56 Å². The van der Waals surface area contributed by atoms with Gasteiger partial charge in [0.2, 0.25) is 0 Å². The summed E-state index contributed by atoms with van der Waals surface area (Å²) in [4.78, 5) is 2.16. The average molecular weight is 333 g/mol. The quantitative estimate of drug-likeness (QED) is 0.808. The summed E-state index contributed by atoms with van der Waals surface area (Å²) in [7, 11) is 4.00. The third-order valence-electron chi connectivity index (χ3n) is 3.28. The molecule has 0 unspecified atom stereocenters. The van der Waals surface area contributed by atoms with Gasteiger partial charge in [-0.3, -0.25) is 4.68 Å². The number of rotatable bonds is 4. The van der Waals surface area contributed by atoms with E-state index in [2.05, 4.69) is 32.0 Å². The fraction of sp³-hybridized carbons (Fsp3) is 0.333. The lowest BCUT2D eigenvalue weighted by molar-refractivity contribution is 0.726. The van der Waals surface area contributed by atoms with Crippen molar-refractivity contribution in [2.24, 2.45) is 7.05 Å². The number of nitrogens with zero attached hydrogens (tertiary/aromatic N) is 4. The van der Waals surface area contributed by atoms with Crippen molar-refractivity contribution < 1.29 is 0 Å². The first-order valence-electron chi connectivity index (χ1n) is 6.35. The summed E-state index contributed by atoms with van der Waals surface area (Å²) in [6, 6.07) is 9.87. The predicted octanol–water partition coefficient (Wildman–Crippen LogP) is 3.13. The summed E-state index contributed by atoms with van der Waals surface area (Å²) in [6.07, 6.45) is 0. The van der Waals surface area contributed by atoms with E-state index in [1.165, 1.54) is 5.56 Å². The summed E-state index contributed by atoms with van der Waals surface area (Å²) in [5, 5.41) is 14.2. The number of benzene rings is 1. The summed E-state index contributed by atoms with van der Waals surface area (Å²) in [5.74, 6) is 1.10. The first-order valence-corrected chi connectivity index (χ1v) is 7.47. The zero-order valence-corrected chi connectivity index (χ0v) is 13.5. The van der Waals surface area contributed by atoms with Gasteiger partial charge in [0.1, 0.15) is 5.82 Å². The first kappa shape index (κ1) is 14.6. The van der Waals surface area contributed by atoms with Gasteiger partial charge in [0.15, 0.2) is 0 Å². The number of anilines is 1. The van der Waals surface area contributed by atoms with Gasteiger partial charge in [0, 0.05) is 31.5 Å². The van der Waals surface area contributed by atoms with E-state index in [1.54, 1.807) is 0 Å². The van der Waals surface area contributed by atoms with Gasteiger partial charge in [-0.2, -0.15) is 10.4 Å². The second-order valence-electron chi connectivity index (χ2n) is 4.81. The maximum atomic E-state index is 8.96. The first-order chi connectivity index (χ1) is 9.56. The number of halogens is 1. The van der Waals surface area contributed by atoms with E-state index in [0.717, 1.165) is 29.0 Å². The van der Waals surface area contributed by atoms with Crippen molar-refractivity contribution in [2.45, 2.75) is 18.8 Å². The monoisotopic (exact) mass is 332 g/mol. The van der Waals surface area contributed by atoms with E-state index in [1.807, 2.05) is 50.0 Å². The number of hydrogen-bond acceptors (Lipinski definition) is 3. The fourth-order valence-corrected chi connectivity index (χ4v) is 3.07. The Hall–Kier alpha value is -1.80. The smallest absolute Gasteiger partial charge is 0.130 e. The molecule has 0 atom stereocenters. The molecule has 20 heavy (non-hydrogen) atoms. The van der Waals surface area contributed by atoms with Gasteiger partial charge in [-0.25, -0.2) is 0 Å². The van der Waals surface area contributed by atoms with Crippen molar-refractivity contribution >= 4 is 21.7 Å². The van der Waals surface area contributed by atoms with Crippen LogP contribution < -0.4 is 4.90 Å². The molecule has 0 saturated heterocycles. The maximum absolute atomic E-state index is 8.96. The third-order valence-corrected chi connectivity index (χ3v) is 3.84. The van der Waals surface area contributed by atoms with Crippen LogP contribution in [0, 0.1) is 18.3 Å². The molecule has 0 N–H and O–H groups in total. The van der Waals surface area contributed by atoms with Crippen LogP contribution in [0.15, 0.2) is 24.3 Å². The Labute approximate surface area is 127 Å². The summed E-state index contributed by atoms with van der Waals surface area (Å²) < 4.78 is 1.90.